The van der Waals surface area contributed by atoms with Crippen molar-refractivity contribution in [1.29, 1.82) is 0 Å². The first kappa shape index (κ1) is 17.5. The molecular weight excluding hydrogens is 313 g/mol. The molecule has 0 saturated carbocycles. The van der Waals surface area contributed by atoms with Crippen LogP contribution in [0.4, 0.5) is 5.69 Å². The van der Waals surface area contributed by atoms with E-state index < -0.39 is 7.75 Å². The zero-order valence-corrected chi connectivity index (χ0v) is 14.5. The lowest BCUT2D eigenvalue weighted by atomic mass is 10.0. The Morgan fingerprint density at radius 3 is 2.22 bits per heavy atom. The van der Waals surface area contributed by atoms with Crippen LogP contribution < -0.4 is 9.82 Å². The van der Waals surface area contributed by atoms with Gasteiger partial charge in [-0.1, -0.05) is 30.3 Å². The molecule has 0 aromatic heterocycles. The molecule has 0 fully saturated rings. The molecule has 0 heterocycles. The second-order valence-corrected chi connectivity index (χ2v) is 6.46. The molecule has 2 aromatic rings. The van der Waals surface area contributed by atoms with Crippen molar-refractivity contribution in [3.63, 3.8) is 0 Å². The molecule has 2 aromatic carbocycles. The standard InChI is InChI=1S/C17H22NO4P/c1-4-21-23(19,22-5-2)18-17-12-11-15(20-3)13-16(17)14-9-7-6-8-10-14/h6-13H,4-5H2,1-3H3,(H,18,19). The quantitative estimate of drug-likeness (QED) is 0.691. The van der Waals surface area contributed by atoms with Crippen LogP contribution in [-0.4, -0.2) is 20.3 Å². The van der Waals surface area contributed by atoms with Crippen LogP contribution in [-0.2, 0) is 13.6 Å². The Bertz CT molecular complexity index is 666. The minimum Gasteiger partial charge on any atom is -0.497 e. The van der Waals surface area contributed by atoms with E-state index in [1.54, 1.807) is 27.0 Å². The number of anilines is 1. The second kappa shape index (κ2) is 8.16. The van der Waals surface area contributed by atoms with E-state index >= 15 is 0 Å². The number of rotatable bonds is 8. The molecule has 0 aliphatic carbocycles. The van der Waals surface area contributed by atoms with Gasteiger partial charge >= 0.3 is 7.75 Å². The molecule has 5 nitrogen and oxygen atoms in total. The van der Waals surface area contributed by atoms with Crippen molar-refractivity contribution in [2.45, 2.75) is 13.8 Å². The van der Waals surface area contributed by atoms with Crippen molar-refractivity contribution >= 4 is 13.4 Å². The summed E-state index contributed by atoms with van der Waals surface area (Å²) in [6.07, 6.45) is 0. The Hall–Kier alpha value is -1.81. The lowest BCUT2D eigenvalue weighted by Crippen LogP contribution is -2.06. The van der Waals surface area contributed by atoms with Gasteiger partial charge < -0.3 is 4.74 Å². The molecule has 124 valence electrons. The summed E-state index contributed by atoms with van der Waals surface area (Å²) in [4.78, 5) is 0. The van der Waals surface area contributed by atoms with Gasteiger partial charge in [0.25, 0.3) is 0 Å². The summed E-state index contributed by atoms with van der Waals surface area (Å²) >= 11 is 0. The van der Waals surface area contributed by atoms with Crippen molar-refractivity contribution in [1.82, 2.24) is 0 Å². The van der Waals surface area contributed by atoms with Gasteiger partial charge in [-0.2, -0.15) is 0 Å². The molecule has 0 aliphatic rings. The van der Waals surface area contributed by atoms with Gasteiger partial charge in [0.1, 0.15) is 5.75 Å². The maximum atomic E-state index is 12.7. The van der Waals surface area contributed by atoms with Gasteiger partial charge in [-0.3, -0.25) is 14.1 Å². The Morgan fingerprint density at radius 2 is 1.65 bits per heavy atom. The van der Waals surface area contributed by atoms with Crippen molar-refractivity contribution in [2.75, 3.05) is 25.4 Å². The number of hydrogen-bond donors (Lipinski definition) is 1. The zero-order valence-electron chi connectivity index (χ0n) is 13.6. The summed E-state index contributed by atoms with van der Waals surface area (Å²) in [5.74, 6) is 0.719. The molecule has 0 aliphatic heterocycles. The minimum atomic E-state index is -3.40. The molecule has 6 heteroatoms. The van der Waals surface area contributed by atoms with E-state index in [0.717, 1.165) is 16.9 Å². The van der Waals surface area contributed by atoms with E-state index in [1.165, 1.54) is 0 Å². The average molecular weight is 335 g/mol. The maximum Gasteiger partial charge on any atom is 0.432 e. The van der Waals surface area contributed by atoms with Crippen molar-refractivity contribution in [2.24, 2.45) is 0 Å². The number of hydrogen-bond acceptors (Lipinski definition) is 4. The fourth-order valence-corrected chi connectivity index (χ4v) is 3.57. The number of ether oxygens (including phenoxy) is 1. The highest BCUT2D eigenvalue weighted by Crippen LogP contribution is 2.49. The third kappa shape index (κ3) is 4.58. The highest BCUT2D eigenvalue weighted by molar-refractivity contribution is 7.55. The second-order valence-electron chi connectivity index (χ2n) is 4.72. The Balaban J connectivity index is 2.43. The first-order valence-electron chi connectivity index (χ1n) is 7.52. The summed E-state index contributed by atoms with van der Waals surface area (Å²) in [7, 11) is -1.79. The van der Waals surface area contributed by atoms with Gasteiger partial charge in [0.15, 0.2) is 0 Å². The van der Waals surface area contributed by atoms with Crippen LogP contribution >= 0.6 is 7.75 Å². The van der Waals surface area contributed by atoms with E-state index in [9.17, 15) is 4.57 Å². The van der Waals surface area contributed by atoms with Gasteiger partial charge in [0.2, 0.25) is 0 Å². The molecule has 0 unspecified atom stereocenters. The Morgan fingerprint density at radius 1 is 1.00 bits per heavy atom. The third-order valence-electron chi connectivity index (χ3n) is 3.17. The van der Waals surface area contributed by atoms with E-state index in [1.807, 2.05) is 42.5 Å². The summed E-state index contributed by atoms with van der Waals surface area (Å²) in [5, 5.41) is 2.93. The normalized spacial score (nSPS) is 11.3. The van der Waals surface area contributed by atoms with Gasteiger partial charge in [0, 0.05) is 5.56 Å². The molecule has 0 atom stereocenters. The lowest BCUT2D eigenvalue weighted by Gasteiger charge is -2.21. The average Bonchev–Trinajstić information content (AvgIpc) is 2.56. The Labute approximate surface area is 137 Å². The fourth-order valence-electron chi connectivity index (χ4n) is 2.19. The predicted molar refractivity (Wildman–Crippen MR) is 92.9 cm³/mol. The lowest BCUT2D eigenvalue weighted by molar-refractivity contribution is 0.225. The Kier molecular flexibility index (Phi) is 6.22. The van der Waals surface area contributed by atoms with Crippen LogP contribution in [0.2, 0.25) is 0 Å². The molecule has 0 radical (unpaired) electrons. The van der Waals surface area contributed by atoms with Crippen LogP contribution in [0, 0.1) is 0 Å². The molecule has 2 rings (SSSR count). The highest BCUT2D eigenvalue weighted by Gasteiger charge is 2.25. The summed E-state index contributed by atoms with van der Waals surface area (Å²) in [6, 6.07) is 15.3. The molecule has 0 saturated heterocycles. The summed E-state index contributed by atoms with van der Waals surface area (Å²) in [6.45, 7) is 4.14. The molecule has 1 N–H and O–H groups in total. The third-order valence-corrected chi connectivity index (χ3v) is 4.88. The molecule has 23 heavy (non-hydrogen) atoms. The van der Waals surface area contributed by atoms with Crippen LogP contribution in [0.15, 0.2) is 48.5 Å². The van der Waals surface area contributed by atoms with Gasteiger partial charge in [-0.05, 0) is 37.6 Å². The van der Waals surface area contributed by atoms with E-state index in [4.69, 9.17) is 13.8 Å². The van der Waals surface area contributed by atoms with Gasteiger partial charge in [-0.15, -0.1) is 0 Å². The monoisotopic (exact) mass is 335 g/mol. The predicted octanol–water partition coefficient (Wildman–Crippen LogP) is 4.96. The molecule has 0 amide bonds. The zero-order chi connectivity index (χ0) is 16.7. The van der Waals surface area contributed by atoms with E-state index in [0.29, 0.717) is 18.9 Å². The number of nitrogens with one attached hydrogen (secondary N) is 1. The number of methoxy groups -OCH3 is 1. The fraction of sp³-hybridized carbons (Fsp3) is 0.294. The van der Waals surface area contributed by atoms with Crippen molar-refractivity contribution < 1.29 is 18.3 Å². The van der Waals surface area contributed by atoms with E-state index in [-0.39, 0.29) is 0 Å². The number of benzene rings is 2. The first-order valence-corrected chi connectivity index (χ1v) is 9.07. The summed E-state index contributed by atoms with van der Waals surface area (Å²) < 4.78 is 28.7. The van der Waals surface area contributed by atoms with E-state index in [2.05, 4.69) is 5.09 Å². The van der Waals surface area contributed by atoms with Crippen molar-refractivity contribution in [3.8, 4) is 16.9 Å². The first-order chi connectivity index (χ1) is 11.1. The van der Waals surface area contributed by atoms with Crippen LogP contribution in [0.1, 0.15) is 13.8 Å². The smallest absolute Gasteiger partial charge is 0.432 e. The molecule has 0 bridgehead atoms. The highest BCUT2D eigenvalue weighted by atomic mass is 31.2. The maximum absolute atomic E-state index is 12.7. The van der Waals surface area contributed by atoms with Crippen LogP contribution in [0.25, 0.3) is 11.1 Å². The topological polar surface area (TPSA) is 56.8 Å². The summed E-state index contributed by atoms with van der Waals surface area (Å²) in [5.41, 5.74) is 2.51. The van der Waals surface area contributed by atoms with Crippen LogP contribution in [0.5, 0.6) is 5.75 Å². The van der Waals surface area contributed by atoms with Gasteiger partial charge in [-0.25, -0.2) is 4.57 Å². The largest absolute Gasteiger partial charge is 0.497 e. The SMILES string of the molecule is CCOP(=O)(Nc1ccc(OC)cc1-c1ccccc1)OCC. The van der Waals surface area contributed by atoms with Crippen LogP contribution in [0.3, 0.4) is 0 Å². The van der Waals surface area contributed by atoms with Gasteiger partial charge in [0.05, 0.1) is 26.0 Å². The molecule has 0 spiro atoms. The van der Waals surface area contributed by atoms with Crippen molar-refractivity contribution in [3.05, 3.63) is 48.5 Å². The minimum absolute atomic E-state index is 0.293. The molecular formula is C17H22NO4P.